The minimum absolute atomic E-state index is 0.144. The van der Waals surface area contributed by atoms with Crippen LogP contribution in [0.3, 0.4) is 0 Å². The van der Waals surface area contributed by atoms with Gasteiger partial charge in [0, 0.05) is 71.8 Å². The van der Waals surface area contributed by atoms with E-state index in [0.717, 1.165) is 61.5 Å². The van der Waals surface area contributed by atoms with E-state index < -0.39 is 26.5 Å². The lowest BCUT2D eigenvalue weighted by molar-refractivity contribution is -0.384. The lowest BCUT2D eigenvalue weighted by Crippen LogP contribution is -2.46. The Morgan fingerprint density at radius 3 is 2.27 bits per heavy atom. The van der Waals surface area contributed by atoms with Crippen LogP contribution in [0.15, 0.2) is 143 Å². The van der Waals surface area contributed by atoms with E-state index in [4.69, 9.17) is 11.6 Å². The van der Waals surface area contributed by atoms with Crippen LogP contribution in [0.2, 0.25) is 5.02 Å². The number of piperazine rings is 1. The number of anilines is 2. The second-order valence-corrected chi connectivity index (χ2v) is 18.3. The molecule has 14 heteroatoms. The van der Waals surface area contributed by atoms with Crippen LogP contribution in [0.4, 0.5) is 17.1 Å². The Morgan fingerprint density at radius 2 is 1.57 bits per heavy atom. The zero-order valence-electron chi connectivity index (χ0n) is 33.5. The summed E-state index contributed by atoms with van der Waals surface area (Å²) in [7, 11) is -0.519. The third-order valence-corrected chi connectivity index (χ3v) is 13.3. The Labute approximate surface area is 360 Å². The molecule has 0 unspecified atom stereocenters. The van der Waals surface area contributed by atoms with E-state index in [1.165, 1.54) is 34.0 Å². The highest BCUT2D eigenvalue weighted by molar-refractivity contribution is 7.99. The number of nitro benzene ring substituents is 1. The summed E-state index contributed by atoms with van der Waals surface area (Å²) in [5.74, 6) is -0.191. The molecule has 1 fully saturated rings. The van der Waals surface area contributed by atoms with Gasteiger partial charge in [-0.25, -0.2) is 13.1 Å². The summed E-state index contributed by atoms with van der Waals surface area (Å²) in [5.41, 5.74) is 4.47. The average molecular weight is 864 g/mol. The Bertz CT molecular complexity index is 2550. The Morgan fingerprint density at radius 1 is 0.867 bits per heavy atom. The number of hydrogen-bond donors (Lipinski definition) is 2. The van der Waals surface area contributed by atoms with Crippen molar-refractivity contribution in [2.24, 2.45) is 0 Å². The number of benzene rings is 6. The number of nitro groups is 1. The zero-order valence-corrected chi connectivity index (χ0v) is 35.8. The van der Waals surface area contributed by atoms with Crippen molar-refractivity contribution in [2.75, 3.05) is 62.8 Å². The minimum atomic E-state index is -4.44. The van der Waals surface area contributed by atoms with Crippen LogP contribution in [0.1, 0.15) is 22.3 Å². The molecule has 0 bridgehead atoms. The highest BCUT2D eigenvalue weighted by Crippen LogP contribution is 2.35. The predicted molar refractivity (Wildman–Crippen MR) is 244 cm³/mol. The van der Waals surface area contributed by atoms with Gasteiger partial charge in [-0.05, 0) is 115 Å². The third-order valence-electron chi connectivity index (χ3n) is 10.6. The number of fused-ring (bicyclic) bond motifs is 1. The normalized spacial score (nSPS) is 14.0. The van der Waals surface area contributed by atoms with Gasteiger partial charge in [0.15, 0.2) is 0 Å². The van der Waals surface area contributed by atoms with Crippen molar-refractivity contribution in [3.05, 3.63) is 160 Å². The molecule has 6 aromatic carbocycles. The molecule has 0 aliphatic carbocycles. The topological polar surface area (TPSA) is 128 Å². The molecule has 0 aromatic heterocycles. The van der Waals surface area contributed by atoms with Gasteiger partial charge < -0.3 is 15.1 Å². The monoisotopic (exact) mass is 862 g/mol. The number of carbonyl (C=O) groups is 1. The average Bonchev–Trinajstić information content (AvgIpc) is 3.25. The van der Waals surface area contributed by atoms with E-state index in [0.29, 0.717) is 17.2 Å². The summed E-state index contributed by atoms with van der Waals surface area (Å²) in [6, 6.07) is 41.0. The Hall–Kier alpha value is -5.44. The molecule has 6 aromatic rings. The first kappa shape index (κ1) is 42.7. The van der Waals surface area contributed by atoms with Crippen molar-refractivity contribution in [1.29, 1.82) is 0 Å². The molecule has 310 valence electrons. The molecule has 1 aliphatic heterocycles. The highest BCUT2D eigenvalue weighted by Gasteiger charge is 2.26. The van der Waals surface area contributed by atoms with Gasteiger partial charge in [-0.3, -0.25) is 19.8 Å². The van der Waals surface area contributed by atoms with Gasteiger partial charge >= 0.3 is 0 Å². The first-order valence-corrected chi connectivity index (χ1v) is 22.6. The Balaban J connectivity index is 0.975. The molecule has 1 aliphatic rings. The summed E-state index contributed by atoms with van der Waals surface area (Å²) in [5, 5.41) is 18.6. The van der Waals surface area contributed by atoms with E-state index in [-0.39, 0.29) is 22.2 Å². The van der Waals surface area contributed by atoms with Crippen molar-refractivity contribution in [3.63, 3.8) is 0 Å². The summed E-state index contributed by atoms with van der Waals surface area (Å²) < 4.78 is 28.9. The molecule has 11 nitrogen and oxygen atoms in total. The number of amides is 1. The molecule has 1 atom stereocenters. The van der Waals surface area contributed by atoms with Crippen LogP contribution in [0.25, 0.3) is 21.9 Å². The molecule has 1 heterocycles. The molecule has 1 amide bonds. The number of thioether (sulfide) groups is 1. The van der Waals surface area contributed by atoms with Gasteiger partial charge in [0.25, 0.3) is 21.6 Å². The molecule has 0 spiro atoms. The van der Waals surface area contributed by atoms with Gasteiger partial charge in [-0.2, -0.15) is 0 Å². The lowest BCUT2D eigenvalue weighted by atomic mass is 9.93. The van der Waals surface area contributed by atoms with Crippen molar-refractivity contribution < 1.29 is 18.1 Å². The van der Waals surface area contributed by atoms with E-state index in [2.05, 4.69) is 68.4 Å². The molecular weight excluding hydrogens is 816 g/mol. The predicted octanol–water partition coefficient (Wildman–Crippen LogP) is 9.03. The summed E-state index contributed by atoms with van der Waals surface area (Å²) in [6.45, 7) is 4.74. The van der Waals surface area contributed by atoms with Gasteiger partial charge in [0.1, 0.15) is 5.69 Å². The van der Waals surface area contributed by atoms with Crippen LogP contribution >= 0.6 is 23.4 Å². The number of halogens is 1. The fourth-order valence-corrected chi connectivity index (χ4v) is 9.48. The van der Waals surface area contributed by atoms with Crippen LogP contribution in [-0.2, 0) is 16.6 Å². The fraction of sp³-hybridized carbons (Fsp3) is 0.239. The van der Waals surface area contributed by atoms with E-state index in [1.807, 2.05) is 73.6 Å². The van der Waals surface area contributed by atoms with Crippen LogP contribution in [-0.4, -0.2) is 87.7 Å². The van der Waals surface area contributed by atoms with Crippen LogP contribution < -0.4 is 14.9 Å². The number of carbonyl (C=O) groups excluding carboxylic acids is 1. The molecule has 1 saturated heterocycles. The second-order valence-electron chi connectivity index (χ2n) is 15.1. The standard InChI is InChI=1S/C46H47ClN6O5S2/c1-50(2)25-24-38(32-59-40-9-4-3-5-10-40)48-43-23-22-41(30-44(43)53(55)56)60(57,58)49-46(54)35-16-20-39(21-17-35)52-28-26-51(27-29-52)31-36-13-12-33-8-6-7-11-42(33)45(36)34-14-18-37(47)19-15-34/h3-23,30,38,48H,24-29,31-32H2,1-2H3,(H,49,54)/t38-/m1/s1. The zero-order chi connectivity index (χ0) is 42.2. The van der Waals surface area contributed by atoms with Crippen molar-refractivity contribution in [3.8, 4) is 11.1 Å². The van der Waals surface area contributed by atoms with Crippen molar-refractivity contribution in [1.82, 2.24) is 14.5 Å². The number of nitrogens with one attached hydrogen (secondary N) is 2. The van der Waals surface area contributed by atoms with E-state index >= 15 is 0 Å². The molecule has 0 saturated carbocycles. The second kappa shape index (κ2) is 19.3. The van der Waals surface area contributed by atoms with E-state index in [9.17, 15) is 23.3 Å². The highest BCUT2D eigenvalue weighted by atomic mass is 35.5. The van der Waals surface area contributed by atoms with Crippen LogP contribution in [0.5, 0.6) is 0 Å². The third kappa shape index (κ3) is 10.6. The van der Waals surface area contributed by atoms with Gasteiger partial charge in [0.2, 0.25) is 0 Å². The number of sulfonamides is 1. The number of rotatable bonds is 16. The lowest BCUT2D eigenvalue weighted by Gasteiger charge is -2.36. The maximum atomic E-state index is 13.4. The maximum Gasteiger partial charge on any atom is 0.293 e. The van der Waals surface area contributed by atoms with Crippen LogP contribution in [0, 0.1) is 10.1 Å². The van der Waals surface area contributed by atoms with Gasteiger partial charge in [0.05, 0.1) is 9.82 Å². The summed E-state index contributed by atoms with van der Waals surface area (Å²) in [4.78, 5) is 32.3. The number of nitrogens with zero attached hydrogens (tertiary/aromatic N) is 4. The Kier molecular flexibility index (Phi) is 13.7. The largest absolute Gasteiger partial charge is 0.376 e. The first-order valence-electron chi connectivity index (χ1n) is 19.7. The van der Waals surface area contributed by atoms with Gasteiger partial charge in [-0.1, -0.05) is 78.3 Å². The summed E-state index contributed by atoms with van der Waals surface area (Å²) >= 11 is 7.87. The quantitative estimate of drug-likeness (QED) is 0.0553. The van der Waals surface area contributed by atoms with Gasteiger partial charge in [-0.15, -0.1) is 11.8 Å². The molecule has 60 heavy (non-hydrogen) atoms. The molecular formula is C46H47ClN6O5S2. The molecule has 0 radical (unpaired) electrons. The van der Waals surface area contributed by atoms with Crippen molar-refractivity contribution >= 4 is 67.1 Å². The fourth-order valence-electron chi connectivity index (χ4n) is 7.37. The summed E-state index contributed by atoms with van der Waals surface area (Å²) in [6.07, 6.45) is 0.702. The maximum absolute atomic E-state index is 13.4. The van der Waals surface area contributed by atoms with Crippen molar-refractivity contribution in [2.45, 2.75) is 28.8 Å². The van der Waals surface area contributed by atoms with E-state index in [1.54, 1.807) is 23.9 Å². The molecule has 7 rings (SSSR count). The smallest absolute Gasteiger partial charge is 0.293 e. The minimum Gasteiger partial charge on any atom is -0.376 e. The number of hydrogen-bond acceptors (Lipinski definition) is 10. The molecule has 2 N–H and O–H groups in total. The SMILES string of the molecule is CN(C)CC[C@H](CSc1ccccc1)Nc1ccc(S(=O)(=O)NC(=O)c2ccc(N3CCN(Cc4ccc5ccccc5c4-c4ccc(Cl)cc4)CC3)cc2)cc1[N+](=O)[O-]. The first-order chi connectivity index (χ1) is 28.9.